The summed E-state index contributed by atoms with van der Waals surface area (Å²) in [5.74, 6) is -0.957. The van der Waals surface area contributed by atoms with Gasteiger partial charge in [0.25, 0.3) is 5.91 Å². The molecule has 1 saturated heterocycles. The van der Waals surface area contributed by atoms with Crippen LogP contribution >= 0.6 is 11.8 Å². The summed E-state index contributed by atoms with van der Waals surface area (Å²) in [7, 11) is 0. The Balaban J connectivity index is 1.67. The number of hydrogen-bond donors (Lipinski definition) is 2. The number of anilines is 1. The van der Waals surface area contributed by atoms with Crippen LogP contribution in [0, 0.1) is 6.92 Å². The summed E-state index contributed by atoms with van der Waals surface area (Å²) < 4.78 is 0. The average molecular weight is 381 g/mol. The Hall–Kier alpha value is -3.06. The van der Waals surface area contributed by atoms with Crippen molar-refractivity contribution in [3.63, 3.8) is 0 Å². The third kappa shape index (κ3) is 4.57. The second-order valence-corrected chi connectivity index (χ2v) is 6.95. The molecule has 27 heavy (non-hydrogen) atoms. The van der Waals surface area contributed by atoms with Gasteiger partial charge in [-0.15, -0.1) is 11.8 Å². The number of amides is 4. The number of nitrogens with one attached hydrogen (secondary N) is 2. The molecule has 0 unspecified atom stereocenters. The maximum atomic E-state index is 12.5. The third-order valence-corrected chi connectivity index (χ3v) is 4.77. The maximum absolute atomic E-state index is 12.5. The zero-order valence-electron chi connectivity index (χ0n) is 15.0. The number of aryl methyl sites for hydroxylation is 1. The van der Waals surface area contributed by atoms with Crippen molar-refractivity contribution in [3.05, 3.63) is 65.4 Å². The van der Waals surface area contributed by atoms with E-state index in [0.29, 0.717) is 5.69 Å². The smallest absolute Gasteiger partial charge is 0.325 e. The minimum atomic E-state index is -0.606. The van der Waals surface area contributed by atoms with Crippen LogP contribution in [0.4, 0.5) is 10.5 Å². The molecule has 1 heterocycles. The van der Waals surface area contributed by atoms with E-state index in [-0.39, 0.29) is 12.2 Å². The first-order valence-electron chi connectivity index (χ1n) is 8.31. The molecule has 4 amide bonds. The molecule has 2 aromatic rings. The molecule has 1 aliphatic rings. The van der Waals surface area contributed by atoms with Gasteiger partial charge in [-0.1, -0.05) is 29.8 Å². The lowest BCUT2D eigenvalue weighted by atomic mass is 10.2. The largest absolute Gasteiger partial charge is 0.329 e. The van der Waals surface area contributed by atoms with Gasteiger partial charge in [0, 0.05) is 10.6 Å². The summed E-state index contributed by atoms with van der Waals surface area (Å²) in [5, 5.41) is 5.20. The van der Waals surface area contributed by atoms with E-state index in [2.05, 4.69) is 10.6 Å². The monoisotopic (exact) mass is 381 g/mol. The van der Waals surface area contributed by atoms with Crippen molar-refractivity contribution in [2.45, 2.75) is 11.8 Å². The number of rotatable bonds is 5. The van der Waals surface area contributed by atoms with Crippen molar-refractivity contribution in [3.8, 4) is 0 Å². The number of urea groups is 1. The Bertz CT molecular complexity index is 905. The van der Waals surface area contributed by atoms with Gasteiger partial charge in [-0.05, 0) is 49.1 Å². The van der Waals surface area contributed by atoms with Gasteiger partial charge < -0.3 is 10.6 Å². The predicted molar refractivity (Wildman–Crippen MR) is 106 cm³/mol. The highest BCUT2D eigenvalue weighted by molar-refractivity contribution is 7.98. The van der Waals surface area contributed by atoms with Crippen molar-refractivity contribution < 1.29 is 14.4 Å². The molecule has 0 aliphatic carbocycles. The second-order valence-electron chi connectivity index (χ2n) is 6.07. The molecule has 138 valence electrons. The Kier molecular flexibility index (Phi) is 5.61. The number of carbonyl (C=O) groups is 3. The summed E-state index contributed by atoms with van der Waals surface area (Å²) in [6.45, 7) is 1.60. The molecule has 7 heteroatoms. The van der Waals surface area contributed by atoms with Crippen LogP contribution in [0.25, 0.3) is 6.08 Å². The van der Waals surface area contributed by atoms with Crippen molar-refractivity contribution in [1.82, 2.24) is 10.2 Å². The number of carbonyl (C=O) groups excluding carboxylic acids is 3. The Morgan fingerprint density at radius 2 is 1.78 bits per heavy atom. The molecule has 2 aromatic carbocycles. The van der Waals surface area contributed by atoms with Crippen LogP contribution in [0.1, 0.15) is 11.1 Å². The zero-order valence-corrected chi connectivity index (χ0v) is 15.8. The van der Waals surface area contributed by atoms with E-state index in [1.165, 1.54) is 0 Å². The van der Waals surface area contributed by atoms with Crippen LogP contribution in [0.15, 0.2) is 59.1 Å². The van der Waals surface area contributed by atoms with Gasteiger partial charge in [-0.25, -0.2) is 9.69 Å². The molecule has 0 spiro atoms. The van der Waals surface area contributed by atoms with Crippen molar-refractivity contribution in [2.24, 2.45) is 0 Å². The standard InChI is InChI=1S/C20H19N3O3S/c1-13-3-7-15(8-4-13)21-18(24)12-23-19(25)17(22-20(23)26)11-14-5-9-16(27-2)10-6-14/h3-11H,12H2,1-2H3,(H,21,24)(H,22,26)/b17-11-. The highest BCUT2D eigenvalue weighted by atomic mass is 32.2. The topological polar surface area (TPSA) is 78.5 Å². The molecule has 0 saturated carbocycles. The number of nitrogens with zero attached hydrogens (tertiary/aromatic N) is 1. The molecular weight excluding hydrogens is 362 g/mol. The van der Waals surface area contributed by atoms with Crippen LogP contribution in [-0.4, -0.2) is 35.5 Å². The van der Waals surface area contributed by atoms with Gasteiger partial charge in [0.1, 0.15) is 12.2 Å². The van der Waals surface area contributed by atoms with E-state index in [4.69, 9.17) is 0 Å². The first kappa shape index (κ1) is 18.7. The predicted octanol–water partition coefficient (Wildman–Crippen LogP) is 3.25. The minimum Gasteiger partial charge on any atom is -0.325 e. The van der Waals surface area contributed by atoms with Crippen LogP contribution in [0.2, 0.25) is 0 Å². The molecular formula is C20H19N3O3S. The number of imide groups is 1. The molecule has 0 atom stereocenters. The quantitative estimate of drug-likeness (QED) is 0.473. The second kappa shape index (κ2) is 8.09. The number of hydrogen-bond acceptors (Lipinski definition) is 4. The van der Waals surface area contributed by atoms with Crippen LogP contribution < -0.4 is 10.6 Å². The fourth-order valence-electron chi connectivity index (χ4n) is 2.56. The van der Waals surface area contributed by atoms with E-state index in [1.807, 2.05) is 49.6 Å². The van der Waals surface area contributed by atoms with E-state index in [9.17, 15) is 14.4 Å². The summed E-state index contributed by atoms with van der Waals surface area (Å²) in [4.78, 5) is 38.7. The fraction of sp³-hybridized carbons (Fsp3) is 0.150. The van der Waals surface area contributed by atoms with Gasteiger partial charge in [0.05, 0.1) is 0 Å². The lowest BCUT2D eigenvalue weighted by Gasteiger charge is -2.12. The minimum absolute atomic E-state index is 0.153. The zero-order chi connectivity index (χ0) is 19.4. The van der Waals surface area contributed by atoms with E-state index >= 15 is 0 Å². The van der Waals surface area contributed by atoms with E-state index in [0.717, 1.165) is 20.9 Å². The van der Waals surface area contributed by atoms with Crippen molar-refractivity contribution >= 4 is 41.4 Å². The van der Waals surface area contributed by atoms with E-state index in [1.54, 1.807) is 30.0 Å². The highest BCUT2D eigenvalue weighted by Crippen LogP contribution is 2.18. The first-order chi connectivity index (χ1) is 13.0. The summed E-state index contributed by atoms with van der Waals surface area (Å²) in [5.41, 5.74) is 2.63. The number of thioether (sulfide) groups is 1. The van der Waals surface area contributed by atoms with Crippen molar-refractivity contribution in [2.75, 3.05) is 18.1 Å². The van der Waals surface area contributed by atoms with Gasteiger partial charge in [0.15, 0.2) is 0 Å². The van der Waals surface area contributed by atoms with Crippen LogP contribution in [0.3, 0.4) is 0 Å². The van der Waals surface area contributed by atoms with Gasteiger partial charge in [0.2, 0.25) is 5.91 Å². The third-order valence-electron chi connectivity index (χ3n) is 4.03. The lowest BCUT2D eigenvalue weighted by molar-refractivity contribution is -0.127. The molecule has 0 aromatic heterocycles. The average Bonchev–Trinajstić information content (AvgIpc) is 2.91. The van der Waals surface area contributed by atoms with Gasteiger partial charge in [-0.3, -0.25) is 9.59 Å². The molecule has 0 radical (unpaired) electrons. The SMILES string of the molecule is CSc1ccc(/C=C2\NC(=O)N(CC(=O)Nc3ccc(C)cc3)C2=O)cc1. The van der Waals surface area contributed by atoms with Crippen LogP contribution in [0.5, 0.6) is 0 Å². The lowest BCUT2D eigenvalue weighted by Crippen LogP contribution is -2.38. The molecule has 6 nitrogen and oxygen atoms in total. The Morgan fingerprint density at radius 3 is 2.41 bits per heavy atom. The fourth-order valence-corrected chi connectivity index (χ4v) is 2.97. The van der Waals surface area contributed by atoms with Gasteiger partial charge in [-0.2, -0.15) is 0 Å². The summed E-state index contributed by atoms with van der Waals surface area (Å²) in [6, 6.07) is 14.3. The van der Waals surface area contributed by atoms with Crippen molar-refractivity contribution in [1.29, 1.82) is 0 Å². The van der Waals surface area contributed by atoms with E-state index < -0.39 is 17.8 Å². The molecule has 2 N–H and O–H groups in total. The van der Waals surface area contributed by atoms with Crippen LogP contribution in [-0.2, 0) is 9.59 Å². The molecule has 3 rings (SSSR count). The summed E-state index contributed by atoms with van der Waals surface area (Å²) >= 11 is 1.62. The molecule has 1 fully saturated rings. The maximum Gasteiger partial charge on any atom is 0.329 e. The highest BCUT2D eigenvalue weighted by Gasteiger charge is 2.34. The number of benzene rings is 2. The first-order valence-corrected chi connectivity index (χ1v) is 9.54. The molecule has 0 bridgehead atoms. The molecule has 1 aliphatic heterocycles. The Labute approximate surface area is 161 Å². The normalized spacial score (nSPS) is 15.2. The summed E-state index contributed by atoms with van der Waals surface area (Å²) in [6.07, 6.45) is 3.58. The Morgan fingerprint density at radius 1 is 1.11 bits per heavy atom. The van der Waals surface area contributed by atoms with Gasteiger partial charge >= 0.3 is 6.03 Å².